The van der Waals surface area contributed by atoms with Crippen LogP contribution in [0.4, 0.5) is 0 Å². The fourth-order valence-electron chi connectivity index (χ4n) is 1.97. The molecule has 0 aromatic carbocycles. The molecule has 5 heteroatoms. The van der Waals surface area contributed by atoms with Gasteiger partial charge < -0.3 is 14.5 Å². The third-order valence-corrected chi connectivity index (χ3v) is 2.98. The molecule has 96 valence electrons. The van der Waals surface area contributed by atoms with E-state index in [4.69, 9.17) is 9.15 Å². The van der Waals surface area contributed by atoms with E-state index in [1.165, 1.54) is 0 Å². The van der Waals surface area contributed by atoms with E-state index in [1.54, 1.807) is 0 Å². The van der Waals surface area contributed by atoms with Crippen LogP contribution in [0.5, 0.6) is 0 Å². The van der Waals surface area contributed by atoms with Gasteiger partial charge in [-0.3, -0.25) is 0 Å². The van der Waals surface area contributed by atoms with Gasteiger partial charge in [-0.1, -0.05) is 6.92 Å². The van der Waals surface area contributed by atoms with Crippen LogP contribution in [0, 0.1) is 0 Å². The summed E-state index contributed by atoms with van der Waals surface area (Å²) in [7, 11) is 0. The van der Waals surface area contributed by atoms with E-state index in [2.05, 4.69) is 22.4 Å². The van der Waals surface area contributed by atoms with Crippen molar-refractivity contribution < 1.29 is 9.15 Å². The molecule has 0 radical (unpaired) electrons. The molecule has 1 aliphatic heterocycles. The molecule has 1 aromatic rings. The van der Waals surface area contributed by atoms with Gasteiger partial charge in [0.15, 0.2) is 0 Å². The van der Waals surface area contributed by atoms with E-state index in [1.807, 2.05) is 6.92 Å². The maximum Gasteiger partial charge on any atom is 0.233 e. The second kappa shape index (κ2) is 6.12. The van der Waals surface area contributed by atoms with Gasteiger partial charge in [0.05, 0.1) is 18.6 Å². The maximum atomic E-state index is 5.64. The first-order chi connectivity index (χ1) is 8.29. The molecule has 0 bridgehead atoms. The summed E-state index contributed by atoms with van der Waals surface area (Å²) >= 11 is 0. The summed E-state index contributed by atoms with van der Waals surface area (Å²) in [6.45, 7) is 6.00. The highest BCUT2D eigenvalue weighted by Crippen LogP contribution is 2.18. The van der Waals surface area contributed by atoms with Gasteiger partial charge in [-0.2, -0.15) is 0 Å². The molecule has 0 saturated carbocycles. The predicted molar refractivity (Wildman–Crippen MR) is 63.7 cm³/mol. The standard InChI is InChI=1S/C12H21N3O2/c1-3-6-13-9(2)12-15-14-11(17-12)8-10-5-4-7-16-10/h9-10,13H,3-8H2,1-2H3. The molecule has 2 atom stereocenters. The minimum Gasteiger partial charge on any atom is -0.423 e. The van der Waals surface area contributed by atoms with E-state index >= 15 is 0 Å². The number of ether oxygens (including phenoxy) is 1. The molecule has 2 heterocycles. The quantitative estimate of drug-likeness (QED) is 0.821. The van der Waals surface area contributed by atoms with Crippen LogP contribution in [0.15, 0.2) is 4.42 Å². The second-order valence-electron chi connectivity index (χ2n) is 4.55. The van der Waals surface area contributed by atoms with Crippen LogP contribution < -0.4 is 5.32 Å². The van der Waals surface area contributed by atoms with Crippen LogP contribution in [0.3, 0.4) is 0 Å². The highest BCUT2D eigenvalue weighted by molar-refractivity contribution is 4.90. The molecular weight excluding hydrogens is 218 g/mol. The van der Waals surface area contributed by atoms with Crippen molar-refractivity contribution in [1.29, 1.82) is 0 Å². The Balaban J connectivity index is 1.86. The van der Waals surface area contributed by atoms with Gasteiger partial charge in [-0.25, -0.2) is 0 Å². The van der Waals surface area contributed by atoms with Crippen LogP contribution >= 0.6 is 0 Å². The minimum atomic E-state index is 0.126. The van der Waals surface area contributed by atoms with Gasteiger partial charge in [0.1, 0.15) is 0 Å². The molecule has 2 unspecified atom stereocenters. The van der Waals surface area contributed by atoms with Crippen LogP contribution in [0.1, 0.15) is 50.9 Å². The minimum absolute atomic E-state index is 0.126. The Morgan fingerprint density at radius 3 is 3.06 bits per heavy atom. The van der Waals surface area contributed by atoms with Crippen molar-refractivity contribution in [3.63, 3.8) is 0 Å². The maximum absolute atomic E-state index is 5.64. The summed E-state index contributed by atoms with van der Waals surface area (Å²) in [5.74, 6) is 1.36. The zero-order chi connectivity index (χ0) is 12.1. The molecule has 0 amide bonds. The number of nitrogens with zero attached hydrogens (tertiary/aromatic N) is 2. The number of hydrogen-bond acceptors (Lipinski definition) is 5. The van der Waals surface area contributed by atoms with Crippen LogP contribution in [0.25, 0.3) is 0 Å². The average molecular weight is 239 g/mol. The number of rotatable bonds is 6. The Bertz CT molecular complexity index is 334. The van der Waals surface area contributed by atoms with Gasteiger partial charge >= 0.3 is 0 Å². The van der Waals surface area contributed by atoms with E-state index in [0.717, 1.165) is 38.8 Å². The zero-order valence-corrected chi connectivity index (χ0v) is 10.6. The van der Waals surface area contributed by atoms with Crippen LogP contribution in [-0.4, -0.2) is 29.5 Å². The van der Waals surface area contributed by atoms with Crippen molar-refractivity contribution in [3.05, 3.63) is 11.8 Å². The molecule has 1 N–H and O–H groups in total. The molecule has 1 aromatic heterocycles. The monoisotopic (exact) mass is 239 g/mol. The first kappa shape index (κ1) is 12.5. The molecule has 0 spiro atoms. The Morgan fingerprint density at radius 2 is 2.35 bits per heavy atom. The Labute approximate surface area is 102 Å². The van der Waals surface area contributed by atoms with Gasteiger partial charge in [0, 0.05) is 6.61 Å². The van der Waals surface area contributed by atoms with Crippen molar-refractivity contribution in [2.24, 2.45) is 0 Å². The molecule has 1 fully saturated rings. The first-order valence-corrected chi connectivity index (χ1v) is 6.47. The first-order valence-electron chi connectivity index (χ1n) is 6.47. The smallest absolute Gasteiger partial charge is 0.233 e. The number of nitrogens with one attached hydrogen (secondary N) is 1. The molecule has 0 aliphatic carbocycles. The SMILES string of the molecule is CCCNC(C)c1nnc(CC2CCCO2)o1. The summed E-state index contributed by atoms with van der Waals surface area (Å²) in [6, 6.07) is 0.126. The summed E-state index contributed by atoms with van der Waals surface area (Å²) in [5.41, 5.74) is 0. The lowest BCUT2D eigenvalue weighted by Crippen LogP contribution is -2.19. The second-order valence-corrected chi connectivity index (χ2v) is 4.55. The highest BCUT2D eigenvalue weighted by Gasteiger charge is 2.20. The Kier molecular flexibility index (Phi) is 4.50. The normalized spacial score (nSPS) is 21.9. The van der Waals surface area contributed by atoms with E-state index in [-0.39, 0.29) is 12.1 Å². The fraction of sp³-hybridized carbons (Fsp3) is 0.833. The van der Waals surface area contributed by atoms with E-state index < -0.39 is 0 Å². The molecule has 1 saturated heterocycles. The lowest BCUT2D eigenvalue weighted by Gasteiger charge is -2.08. The average Bonchev–Trinajstić information content (AvgIpc) is 2.98. The van der Waals surface area contributed by atoms with Crippen molar-refractivity contribution in [2.75, 3.05) is 13.2 Å². The molecule has 5 nitrogen and oxygen atoms in total. The molecule has 2 rings (SSSR count). The van der Waals surface area contributed by atoms with Crippen molar-refractivity contribution >= 4 is 0 Å². The van der Waals surface area contributed by atoms with Crippen molar-refractivity contribution in [2.45, 2.75) is 51.7 Å². The number of hydrogen-bond donors (Lipinski definition) is 1. The largest absolute Gasteiger partial charge is 0.423 e. The lowest BCUT2D eigenvalue weighted by atomic mass is 10.2. The van der Waals surface area contributed by atoms with Gasteiger partial charge in [-0.15, -0.1) is 10.2 Å². The van der Waals surface area contributed by atoms with Gasteiger partial charge in [0.25, 0.3) is 0 Å². The van der Waals surface area contributed by atoms with Crippen molar-refractivity contribution in [1.82, 2.24) is 15.5 Å². The van der Waals surface area contributed by atoms with Gasteiger partial charge in [-0.05, 0) is 32.7 Å². The third kappa shape index (κ3) is 3.51. The molecular formula is C12H21N3O2. The number of aromatic nitrogens is 2. The Morgan fingerprint density at radius 1 is 1.47 bits per heavy atom. The fourth-order valence-corrected chi connectivity index (χ4v) is 1.97. The van der Waals surface area contributed by atoms with Gasteiger partial charge in [0.2, 0.25) is 11.8 Å². The predicted octanol–water partition coefficient (Wildman–Crippen LogP) is 1.85. The van der Waals surface area contributed by atoms with Crippen LogP contribution in [-0.2, 0) is 11.2 Å². The zero-order valence-electron chi connectivity index (χ0n) is 10.6. The summed E-state index contributed by atoms with van der Waals surface area (Å²) in [4.78, 5) is 0. The summed E-state index contributed by atoms with van der Waals surface area (Å²) in [6.07, 6.45) is 4.35. The molecule has 1 aliphatic rings. The third-order valence-electron chi connectivity index (χ3n) is 2.98. The van der Waals surface area contributed by atoms with E-state index in [0.29, 0.717) is 11.8 Å². The summed E-state index contributed by atoms with van der Waals surface area (Å²) < 4.78 is 11.2. The van der Waals surface area contributed by atoms with Crippen molar-refractivity contribution in [3.8, 4) is 0 Å². The summed E-state index contributed by atoms with van der Waals surface area (Å²) in [5, 5.41) is 11.5. The Hall–Kier alpha value is -0.940. The highest BCUT2D eigenvalue weighted by atomic mass is 16.5. The van der Waals surface area contributed by atoms with Crippen LogP contribution in [0.2, 0.25) is 0 Å². The van der Waals surface area contributed by atoms with E-state index in [9.17, 15) is 0 Å². The topological polar surface area (TPSA) is 60.2 Å². The molecule has 17 heavy (non-hydrogen) atoms. The lowest BCUT2D eigenvalue weighted by molar-refractivity contribution is 0.105.